The maximum Gasteiger partial charge on any atom is 0.225 e. The summed E-state index contributed by atoms with van der Waals surface area (Å²) >= 11 is 5.90. The Bertz CT molecular complexity index is 339. The minimum Gasteiger partial charge on any atom is -0.330 e. The van der Waals surface area contributed by atoms with E-state index in [0.717, 1.165) is 11.3 Å². The van der Waals surface area contributed by atoms with Crippen LogP contribution in [-0.4, -0.2) is 12.5 Å². The Balaban J connectivity index is 2.76. The minimum absolute atomic E-state index is 0.0853. The molecule has 0 fully saturated rings. The van der Waals surface area contributed by atoms with Crippen LogP contribution in [0.5, 0.6) is 0 Å². The first-order chi connectivity index (χ1) is 6.65. The molecule has 1 aromatic carbocycles. The monoisotopic (exact) mass is 212 g/mol. The van der Waals surface area contributed by atoms with E-state index in [-0.39, 0.29) is 5.91 Å². The normalized spacial score (nSPS) is 9.93. The first-order valence-corrected chi connectivity index (χ1v) is 4.78. The van der Waals surface area contributed by atoms with E-state index in [2.05, 4.69) is 5.32 Å². The maximum absolute atomic E-state index is 11.2. The molecule has 0 unspecified atom stereocenters. The molecule has 0 aliphatic heterocycles. The molecular weight excluding hydrogens is 200 g/mol. The molecule has 4 heteroatoms. The van der Waals surface area contributed by atoms with Crippen molar-refractivity contribution in [3.63, 3.8) is 0 Å². The first-order valence-electron chi connectivity index (χ1n) is 4.40. The molecule has 1 aromatic rings. The van der Waals surface area contributed by atoms with Crippen molar-refractivity contribution in [2.45, 2.75) is 13.3 Å². The van der Waals surface area contributed by atoms with Crippen LogP contribution >= 0.6 is 11.6 Å². The van der Waals surface area contributed by atoms with Gasteiger partial charge in [-0.25, -0.2) is 0 Å². The highest BCUT2D eigenvalue weighted by atomic mass is 35.5. The van der Waals surface area contributed by atoms with Crippen molar-refractivity contribution < 1.29 is 4.79 Å². The van der Waals surface area contributed by atoms with Gasteiger partial charge >= 0.3 is 0 Å². The Morgan fingerprint density at radius 1 is 1.57 bits per heavy atom. The Morgan fingerprint density at radius 3 is 2.93 bits per heavy atom. The highest BCUT2D eigenvalue weighted by Gasteiger charge is 2.05. The van der Waals surface area contributed by atoms with Crippen molar-refractivity contribution in [1.82, 2.24) is 0 Å². The zero-order chi connectivity index (χ0) is 10.6. The summed E-state index contributed by atoms with van der Waals surface area (Å²) in [4.78, 5) is 11.2. The van der Waals surface area contributed by atoms with Gasteiger partial charge in [-0.3, -0.25) is 4.79 Å². The number of nitrogens with two attached hydrogens (primary N) is 1. The molecule has 0 atom stereocenters. The second-order valence-electron chi connectivity index (χ2n) is 3.00. The third-order valence-corrected chi connectivity index (χ3v) is 2.32. The Hall–Kier alpha value is -1.06. The molecule has 0 saturated heterocycles. The van der Waals surface area contributed by atoms with Gasteiger partial charge in [-0.2, -0.15) is 0 Å². The summed E-state index contributed by atoms with van der Waals surface area (Å²) in [6.07, 6.45) is 0.325. The predicted molar refractivity (Wildman–Crippen MR) is 58.5 cm³/mol. The largest absolute Gasteiger partial charge is 0.330 e. The summed E-state index contributed by atoms with van der Waals surface area (Å²) in [5.41, 5.74) is 6.88. The van der Waals surface area contributed by atoms with Gasteiger partial charge in [0.25, 0.3) is 0 Å². The number of carbonyl (C=O) groups excluding carboxylic acids is 1. The van der Waals surface area contributed by atoms with E-state index in [1.54, 1.807) is 12.1 Å². The van der Waals surface area contributed by atoms with Crippen LogP contribution in [0.25, 0.3) is 0 Å². The molecule has 0 aliphatic carbocycles. The molecule has 0 radical (unpaired) electrons. The van der Waals surface area contributed by atoms with Crippen molar-refractivity contribution >= 4 is 23.2 Å². The molecular formula is C10H13ClN2O. The van der Waals surface area contributed by atoms with E-state index < -0.39 is 0 Å². The number of rotatable bonds is 3. The lowest BCUT2D eigenvalue weighted by Crippen LogP contribution is -2.16. The van der Waals surface area contributed by atoms with E-state index in [9.17, 15) is 4.79 Å². The minimum atomic E-state index is -0.0853. The average Bonchev–Trinajstić information content (AvgIpc) is 2.13. The van der Waals surface area contributed by atoms with Gasteiger partial charge in [-0.1, -0.05) is 17.7 Å². The molecule has 0 aromatic heterocycles. The van der Waals surface area contributed by atoms with Gasteiger partial charge in [0.2, 0.25) is 5.91 Å². The molecule has 3 nitrogen and oxygen atoms in total. The van der Waals surface area contributed by atoms with Crippen LogP contribution in [0.2, 0.25) is 5.02 Å². The molecule has 1 rings (SSSR count). The van der Waals surface area contributed by atoms with Crippen LogP contribution in [0.4, 0.5) is 5.69 Å². The number of amides is 1. The van der Waals surface area contributed by atoms with Crippen LogP contribution < -0.4 is 11.1 Å². The van der Waals surface area contributed by atoms with Crippen molar-refractivity contribution in [1.29, 1.82) is 0 Å². The van der Waals surface area contributed by atoms with Gasteiger partial charge in [0.05, 0.1) is 0 Å². The van der Waals surface area contributed by atoms with Crippen LogP contribution in [0.3, 0.4) is 0 Å². The average molecular weight is 213 g/mol. The summed E-state index contributed by atoms with van der Waals surface area (Å²) in [6.45, 7) is 2.21. The van der Waals surface area contributed by atoms with E-state index in [0.29, 0.717) is 18.0 Å². The fraction of sp³-hybridized carbons (Fsp3) is 0.300. The zero-order valence-electron chi connectivity index (χ0n) is 8.01. The number of hydrogen-bond acceptors (Lipinski definition) is 2. The summed E-state index contributed by atoms with van der Waals surface area (Å²) in [6, 6.07) is 5.40. The molecule has 0 spiro atoms. The summed E-state index contributed by atoms with van der Waals surface area (Å²) < 4.78 is 0. The fourth-order valence-electron chi connectivity index (χ4n) is 1.09. The Morgan fingerprint density at radius 2 is 2.29 bits per heavy atom. The van der Waals surface area contributed by atoms with Crippen molar-refractivity contribution in [2.75, 3.05) is 11.9 Å². The predicted octanol–water partition coefficient (Wildman–Crippen LogP) is 1.94. The molecule has 0 saturated carbocycles. The standard InChI is InChI=1S/C10H13ClN2O/c1-7-8(11)3-2-4-9(7)13-10(14)5-6-12/h2-4H,5-6,12H2,1H3,(H,13,14). The van der Waals surface area contributed by atoms with E-state index in [4.69, 9.17) is 17.3 Å². The number of benzene rings is 1. The summed E-state index contributed by atoms with van der Waals surface area (Å²) in [5.74, 6) is -0.0853. The number of nitrogens with one attached hydrogen (secondary N) is 1. The fourth-order valence-corrected chi connectivity index (χ4v) is 1.26. The number of hydrogen-bond donors (Lipinski definition) is 2. The molecule has 0 aliphatic rings. The van der Waals surface area contributed by atoms with Crippen LogP contribution in [0, 0.1) is 6.92 Å². The van der Waals surface area contributed by atoms with Gasteiger partial charge in [0.1, 0.15) is 0 Å². The lowest BCUT2D eigenvalue weighted by atomic mass is 10.2. The third kappa shape index (κ3) is 2.72. The Labute approximate surface area is 88.2 Å². The zero-order valence-corrected chi connectivity index (χ0v) is 8.77. The quantitative estimate of drug-likeness (QED) is 0.805. The highest BCUT2D eigenvalue weighted by Crippen LogP contribution is 2.22. The molecule has 0 heterocycles. The van der Waals surface area contributed by atoms with Crippen molar-refractivity contribution in [3.05, 3.63) is 28.8 Å². The summed E-state index contributed by atoms with van der Waals surface area (Å²) in [5, 5.41) is 3.40. The van der Waals surface area contributed by atoms with Crippen molar-refractivity contribution in [3.8, 4) is 0 Å². The molecule has 14 heavy (non-hydrogen) atoms. The topological polar surface area (TPSA) is 55.1 Å². The van der Waals surface area contributed by atoms with Crippen LogP contribution in [-0.2, 0) is 4.79 Å². The van der Waals surface area contributed by atoms with Gasteiger partial charge < -0.3 is 11.1 Å². The SMILES string of the molecule is Cc1c(Cl)cccc1NC(=O)CCN. The molecule has 76 valence electrons. The number of halogens is 1. The second kappa shape index (κ2) is 4.98. The molecule has 1 amide bonds. The van der Waals surface area contributed by atoms with E-state index >= 15 is 0 Å². The molecule has 0 bridgehead atoms. The highest BCUT2D eigenvalue weighted by molar-refractivity contribution is 6.31. The number of anilines is 1. The van der Waals surface area contributed by atoms with Gasteiger partial charge in [-0.15, -0.1) is 0 Å². The third-order valence-electron chi connectivity index (χ3n) is 1.91. The van der Waals surface area contributed by atoms with Crippen LogP contribution in [0.1, 0.15) is 12.0 Å². The second-order valence-corrected chi connectivity index (χ2v) is 3.41. The van der Waals surface area contributed by atoms with E-state index in [1.807, 2.05) is 13.0 Å². The maximum atomic E-state index is 11.2. The summed E-state index contributed by atoms with van der Waals surface area (Å²) in [7, 11) is 0. The van der Waals surface area contributed by atoms with Gasteiger partial charge in [0, 0.05) is 23.7 Å². The lowest BCUT2D eigenvalue weighted by Gasteiger charge is -2.08. The lowest BCUT2D eigenvalue weighted by molar-refractivity contribution is -0.116. The Kier molecular flexibility index (Phi) is 3.92. The van der Waals surface area contributed by atoms with E-state index in [1.165, 1.54) is 0 Å². The van der Waals surface area contributed by atoms with Gasteiger partial charge in [0.15, 0.2) is 0 Å². The number of carbonyl (C=O) groups is 1. The smallest absolute Gasteiger partial charge is 0.225 e. The first kappa shape index (κ1) is 11.0. The van der Waals surface area contributed by atoms with Gasteiger partial charge in [-0.05, 0) is 24.6 Å². The van der Waals surface area contributed by atoms with Crippen molar-refractivity contribution in [2.24, 2.45) is 5.73 Å². The van der Waals surface area contributed by atoms with Crippen LogP contribution in [0.15, 0.2) is 18.2 Å². The molecule has 3 N–H and O–H groups in total.